The van der Waals surface area contributed by atoms with Gasteiger partial charge in [0.15, 0.2) is 0 Å². The average Bonchev–Trinajstić information content (AvgIpc) is 2.59. The normalized spacial score (nSPS) is 9.95. The molecule has 1 amide bonds. The molecule has 6 nitrogen and oxygen atoms in total. The van der Waals surface area contributed by atoms with Crippen molar-refractivity contribution in [3.05, 3.63) is 47.7 Å². The van der Waals surface area contributed by atoms with E-state index in [1.807, 2.05) is 6.07 Å². The number of rotatable bonds is 6. The molecule has 0 aliphatic rings. The van der Waals surface area contributed by atoms with E-state index in [1.165, 1.54) is 7.11 Å². The van der Waals surface area contributed by atoms with Crippen molar-refractivity contribution in [2.45, 2.75) is 6.54 Å². The molecule has 2 aromatic rings. The van der Waals surface area contributed by atoms with Gasteiger partial charge in [-0.3, -0.25) is 4.79 Å². The zero-order valence-corrected chi connectivity index (χ0v) is 12.8. The van der Waals surface area contributed by atoms with Gasteiger partial charge in [0.05, 0.1) is 26.9 Å². The zero-order chi connectivity index (χ0) is 15.9. The van der Waals surface area contributed by atoms with Crippen LogP contribution in [0.25, 0.3) is 0 Å². The summed E-state index contributed by atoms with van der Waals surface area (Å²) in [6.45, 7) is 0.366. The van der Waals surface area contributed by atoms with Crippen LogP contribution in [0.3, 0.4) is 0 Å². The van der Waals surface area contributed by atoms with Crippen LogP contribution in [-0.4, -0.2) is 32.2 Å². The highest BCUT2D eigenvalue weighted by Crippen LogP contribution is 2.24. The number of methoxy groups -OCH3 is 3. The number of carbonyl (C=O) groups is 1. The number of pyridine rings is 1. The van der Waals surface area contributed by atoms with E-state index >= 15 is 0 Å². The Labute approximate surface area is 129 Å². The van der Waals surface area contributed by atoms with Crippen LogP contribution in [0.1, 0.15) is 15.9 Å². The lowest BCUT2D eigenvalue weighted by molar-refractivity contribution is 0.0948. The quantitative estimate of drug-likeness (QED) is 0.884. The summed E-state index contributed by atoms with van der Waals surface area (Å²) in [6, 6.07) is 8.64. The number of ether oxygens (including phenoxy) is 3. The van der Waals surface area contributed by atoms with Gasteiger partial charge < -0.3 is 19.5 Å². The van der Waals surface area contributed by atoms with Crippen molar-refractivity contribution in [2.24, 2.45) is 0 Å². The minimum atomic E-state index is -0.227. The number of amides is 1. The summed E-state index contributed by atoms with van der Waals surface area (Å²) in [7, 11) is 4.63. The first-order valence-electron chi connectivity index (χ1n) is 6.67. The molecule has 0 fully saturated rings. The fourth-order valence-electron chi connectivity index (χ4n) is 1.90. The number of aromatic nitrogens is 1. The first-order valence-corrected chi connectivity index (χ1v) is 6.67. The Kier molecular flexibility index (Phi) is 5.19. The van der Waals surface area contributed by atoms with Gasteiger partial charge in [-0.25, -0.2) is 4.98 Å². The summed E-state index contributed by atoms with van der Waals surface area (Å²) in [5.74, 6) is 1.40. The molecule has 116 valence electrons. The van der Waals surface area contributed by atoms with Crippen molar-refractivity contribution in [1.29, 1.82) is 0 Å². The molecule has 0 bridgehead atoms. The smallest absolute Gasteiger partial charge is 0.255 e. The Bertz CT molecular complexity index is 641. The monoisotopic (exact) mass is 302 g/mol. The van der Waals surface area contributed by atoms with Gasteiger partial charge in [-0.15, -0.1) is 0 Å². The number of benzene rings is 1. The van der Waals surface area contributed by atoms with Gasteiger partial charge in [0.25, 0.3) is 5.91 Å². The zero-order valence-electron chi connectivity index (χ0n) is 12.8. The van der Waals surface area contributed by atoms with Crippen LogP contribution in [-0.2, 0) is 6.54 Å². The Balaban J connectivity index is 2.05. The van der Waals surface area contributed by atoms with Crippen LogP contribution in [0.2, 0.25) is 0 Å². The van der Waals surface area contributed by atoms with Gasteiger partial charge in [-0.1, -0.05) is 6.07 Å². The number of nitrogens with one attached hydrogen (secondary N) is 1. The van der Waals surface area contributed by atoms with E-state index in [9.17, 15) is 4.79 Å². The van der Waals surface area contributed by atoms with Crippen LogP contribution >= 0.6 is 0 Å². The molecule has 1 aromatic carbocycles. The number of hydrogen-bond donors (Lipinski definition) is 1. The van der Waals surface area contributed by atoms with Crippen molar-refractivity contribution in [3.8, 4) is 17.4 Å². The van der Waals surface area contributed by atoms with Crippen molar-refractivity contribution in [2.75, 3.05) is 21.3 Å². The molecule has 0 aliphatic carbocycles. The Morgan fingerprint density at radius 1 is 1.09 bits per heavy atom. The highest BCUT2D eigenvalue weighted by Gasteiger charge is 2.13. The van der Waals surface area contributed by atoms with E-state index in [1.54, 1.807) is 44.7 Å². The lowest BCUT2D eigenvalue weighted by Crippen LogP contribution is -2.23. The Hall–Kier alpha value is -2.76. The average molecular weight is 302 g/mol. The first kappa shape index (κ1) is 15.6. The van der Waals surface area contributed by atoms with E-state index in [-0.39, 0.29) is 5.91 Å². The molecule has 1 heterocycles. The summed E-state index contributed by atoms with van der Waals surface area (Å²) in [5, 5.41) is 2.82. The lowest BCUT2D eigenvalue weighted by Gasteiger charge is -2.11. The molecular weight excluding hydrogens is 284 g/mol. The molecule has 0 radical (unpaired) electrons. The van der Waals surface area contributed by atoms with Crippen LogP contribution in [0.5, 0.6) is 17.4 Å². The molecule has 0 saturated carbocycles. The fourth-order valence-corrected chi connectivity index (χ4v) is 1.90. The van der Waals surface area contributed by atoms with Crippen LogP contribution in [0.15, 0.2) is 36.5 Å². The minimum Gasteiger partial charge on any atom is -0.497 e. The standard InChI is InChI=1S/C16H18N2O4/c1-20-12-5-6-13(14(8-12)21-2)16(19)18-10-11-4-7-15(22-3)17-9-11/h4-9H,10H2,1-3H3,(H,18,19). The molecule has 6 heteroatoms. The van der Waals surface area contributed by atoms with Gasteiger partial charge in [0, 0.05) is 24.9 Å². The number of nitrogens with zero attached hydrogens (tertiary/aromatic N) is 1. The van der Waals surface area contributed by atoms with Crippen molar-refractivity contribution >= 4 is 5.91 Å². The van der Waals surface area contributed by atoms with E-state index in [2.05, 4.69) is 10.3 Å². The number of hydrogen-bond acceptors (Lipinski definition) is 5. The summed E-state index contributed by atoms with van der Waals surface area (Å²) in [4.78, 5) is 16.3. The van der Waals surface area contributed by atoms with E-state index in [4.69, 9.17) is 14.2 Å². The molecule has 0 unspecified atom stereocenters. The van der Waals surface area contributed by atoms with Crippen LogP contribution in [0, 0.1) is 0 Å². The summed E-state index contributed by atoms with van der Waals surface area (Å²) in [5.41, 5.74) is 1.33. The molecule has 1 aromatic heterocycles. The SMILES string of the molecule is COc1ccc(C(=O)NCc2ccc(OC)nc2)c(OC)c1. The summed E-state index contributed by atoms with van der Waals surface area (Å²) in [6.07, 6.45) is 1.66. The maximum Gasteiger partial charge on any atom is 0.255 e. The molecule has 0 saturated heterocycles. The Morgan fingerprint density at radius 2 is 1.91 bits per heavy atom. The molecular formula is C16H18N2O4. The third-order valence-corrected chi connectivity index (χ3v) is 3.11. The Morgan fingerprint density at radius 3 is 2.50 bits per heavy atom. The third-order valence-electron chi connectivity index (χ3n) is 3.11. The molecule has 0 aliphatic heterocycles. The highest BCUT2D eigenvalue weighted by molar-refractivity contribution is 5.97. The molecule has 2 rings (SSSR count). The first-order chi connectivity index (χ1) is 10.7. The van der Waals surface area contributed by atoms with Crippen molar-refractivity contribution < 1.29 is 19.0 Å². The van der Waals surface area contributed by atoms with Crippen LogP contribution in [0.4, 0.5) is 0 Å². The largest absolute Gasteiger partial charge is 0.497 e. The van der Waals surface area contributed by atoms with Gasteiger partial charge >= 0.3 is 0 Å². The maximum atomic E-state index is 12.2. The van der Waals surface area contributed by atoms with E-state index < -0.39 is 0 Å². The predicted molar refractivity (Wildman–Crippen MR) is 81.5 cm³/mol. The molecule has 22 heavy (non-hydrogen) atoms. The molecule has 0 atom stereocenters. The third kappa shape index (κ3) is 3.66. The minimum absolute atomic E-state index is 0.227. The maximum absolute atomic E-state index is 12.2. The molecule has 1 N–H and O–H groups in total. The van der Waals surface area contributed by atoms with Crippen LogP contribution < -0.4 is 19.5 Å². The topological polar surface area (TPSA) is 69.7 Å². The second-order valence-corrected chi connectivity index (χ2v) is 4.46. The van der Waals surface area contributed by atoms with Gasteiger partial charge in [0.1, 0.15) is 11.5 Å². The van der Waals surface area contributed by atoms with E-state index in [0.717, 1.165) is 5.56 Å². The predicted octanol–water partition coefficient (Wildman–Crippen LogP) is 2.04. The second kappa shape index (κ2) is 7.31. The van der Waals surface area contributed by atoms with Gasteiger partial charge in [-0.2, -0.15) is 0 Å². The molecule has 0 spiro atoms. The summed E-state index contributed by atoms with van der Waals surface area (Å²) < 4.78 is 15.3. The second-order valence-electron chi connectivity index (χ2n) is 4.46. The summed E-state index contributed by atoms with van der Waals surface area (Å²) >= 11 is 0. The lowest BCUT2D eigenvalue weighted by atomic mass is 10.1. The number of carbonyl (C=O) groups excluding carboxylic acids is 1. The van der Waals surface area contributed by atoms with Crippen molar-refractivity contribution in [1.82, 2.24) is 10.3 Å². The van der Waals surface area contributed by atoms with Crippen molar-refractivity contribution in [3.63, 3.8) is 0 Å². The van der Waals surface area contributed by atoms with Gasteiger partial charge in [-0.05, 0) is 17.7 Å². The fraction of sp³-hybridized carbons (Fsp3) is 0.250. The van der Waals surface area contributed by atoms with Gasteiger partial charge in [0.2, 0.25) is 5.88 Å². The van der Waals surface area contributed by atoms with E-state index in [0.29, 0.717) is 29.5 Å². The highest BCUT2D eigenvalue weighted by atomic mass is 16.5.